The van der Waals surface area contributed by atoms with E-state index in [-0.39, 0.29) is 22.6 Å². The minimum absolute atomic E-state index is 0.0166. The van der Waals surface area contributed by atoms with E-state index in [1.165, 1.54) is 19.1 Å². The molecule has 0 aliphatic carbocycles. The molecule has 1 aliphatic heterocycles. The molecule has 0 unspecified atom stereocenters. The van der Waals surface area contributed by atoms with Crippen molar-refractivity contribution in [3.05, 3.63) is 76.1 Å². The van der Waals surface area contributed by atoms with Crippen LogP contribution < -0.4 is 5.32 Å². The highest BCUT2D eigenvalue weighted by molar-refractivity contribution is 7.99. The molecule has 0 saturated heterocycles. The SMILES string of the molecule is CC1=C(c2ccc(F)cc2)S(=O)(=O)N(CC(=O)NCc2ccc(Cl)cc2)C1=O. The molecular weight excluding hydrogens is 407 g/mol. The molecule has 2 aromatic rings. The summed E-state index contributed by atoms with van der Waals surface area (Å²) in [7, 11) is -4.21. The highest BCUT2D eigenvalue weighted by Gasteiger charge is 2.43. The van der Waals surface area contributed by atoms with Crippen molar-refractivity contribution in [1.29, 1.82) is 0 Å². The number of nitrogens with zero attached hydrogens (tertiary/aromatic N) is 1. The van der Waals surface area contributed by atoms with Gasteiger partial charge in [-0.2, -0.15) is 0 Å². The normalized spacial score (nSPS) is 15.8. The summed E-state index contributed by atoms with van der Waals surface area (Å²) in [6.07, 6.45) is 0. The molecule has 1 aliphatic rings. The fraction of sp³-hybridized carbons (Fsp3) is 0.158. The van der Waals surface area contributed by atoms with Gasteiger partial charge in [0.25, 0.3) is 15.9 Å². The Morgan fingerprint density at radius 1 is 1.11 bits per heavy atom. The summed E-state index contributed by atoms with van der Waals surface area (Å²) in [4.78, 5) is 24.4. The number of hydrogen-bond donors (Lipinski definition) is 1. The van der Waals surface area contributed by atoms with Gasteiger partial charge in [-0.25, -0.2) is 17.1 Å². The fourth-order valence-electron chi connectivity index (χ4n) is 2.81. The van der Waals surface area contributed by atoms with Crippen LogP contribution in [-0.4, -0.2) is 31.1 Å². The Hall–Kier alpha value is -2.71. The maximum absolute atomic E-state index is 13.1. The van der Waals surface area contributed by atoms with Crippen molar-refractivity contribution in [1.82, 2.24) is 9.62 Å². The number of rotatable bonds is 5. The average molecular weight is 423 g/mol. The third-order valence-electron chi connectivity index (χ3n) is 4.23. The minimum atomic E-state index is -4.21. The van der Waals surface area contributed by atoms with Crippen LogP contribution in [0.2, 0.25) is 5.02 Å². The molecule has 0 aromatic heterocycles. The largest absolute Gasteiger partial charge is 0.350 e. The molecular formula is C19H16ClFN2O4S. The third kappa shape index (κ3) is 3.93. The number of sulfonamides is 1. The van der Waals surface area contributed by atoms with Crippen molar-refractivity contribution in [2.45, 2.75) is 13.5 Å². The van der Waals surface area contributed by atoms with E-state index in [1.54, 1.807) is 24.3 Å². The number of hydrogen-bond acceptors (Lipinski definition) is 4. The molecule has 0 radical (unpaired) electrons. The summed E-state index contributed by atoms with van der Waals surface area (Å²) < 4.78 is 39.3. The predicted molar refractivity (Wildman–Crippen MR) is 103 cm³/mol. The second kappa shape index (κ2) is 7.73. The number of amides is 2. The first kappa shape index (κ1) is 20.0. The van der Waals surface area contributed by atoms with Crippen LogP contribution in [0.5, 0.6) is 0 Å². The van der Waals surface area contributed by atoms with Crippen molar-refractivity contribution in [3.63, 3.8) is 0 Å². The summed E-state index contributed by atoms with van der Waals surface area (Å²) in [5.41, 5.74) is 0.947. The number of halogens is 2. The molecule has 0 bridgehead atoms. The number of benzene rings is 2. The zero-order valence-corrected chi connectivity index (χ0v) is 16.3. The number of carbonyl (C=O) groups is 2. The summed E-state index contributed by atoms with van der Waals surface area (Å²) in [6.45, 7) is 0.885. The highest BCUT2D eigenvalue weighted by Crippen LogP contribution is 2.35. The summed E-state index contributed by atoms with van der Waals surface area (Å²) in [6, 6.07) is 11.6. The third-order valence-corrected chi connectivity index (χ3v) is 6.42. The van der Waals surface area contributed by atoms with Crippen molar-refractivity contribution >= 4 is 38.3 Å². The Bertz CT molecular complexity index is 1060. The van der Waals surface area contributed by atoms with E-state index in [0.29, 0.717) is 9.33 Å². The topological polar surface area (TPSA) is 83.6 Å². The summed E-state index contributed by atoms with van der Waals surface area (Å²) in [5, 5.41) is 3.13. The Kier molecular flexibility index (Phi) is 5.53. The maximum atomic E-state index is 13.1. The van der Waals surface area contributed by atoms with Crippen LogP contribution in [0.15, 0.2) is 54.1 Å². The van der Waals surface area contributed by atoms with Crippen LogP contribution >= 0.6 is 11.6 Å². The molecule has 6 nitrogen and oxygen atoms in total. The molecule has 0 saturated carbocycles. The average Bonchev–Trinajstić information content (AvgIpc) is 2.82. The lowest BCUT2D eigenvalue weighted by molar-refractivity contribution is -0.128. The van der Waals surface area contributed by atoms with Crippen LogP contribution in [0, 0.1) is 5.82 Å². The van der Waals surface area contributed by atoms with Crippen molar-refractivity contribution in [3.8, 4) is 0 Å². The molecule has 28 heavy (non-hydrogen) atoms. The van der Waals surface area contributed by atoms with Gasteiger partial charge in [-0.05, 0) is 42.3 Å². The van der Waals surface area contributed by atoms with Crippen molar-refractivity contribution < 1.29 is 22.4 Å². The first-order valence-electron chi connectivity index (χ1n) is 8.25. The van der Waals surface area contributed by atoms with Gasteiger partial charge in [-0.15, -0.1) is 0 Å². The van der Waals surface area contributed by atoms with E-state index in [9.17, 15) is 22.4 Å². The molecule has 9 heteroatoms. The van der Waals surface area contributed by atoms with E-state index in [0.717, 1.165) is 17.7 Å². The van der Waals surface area contributed by atoms with Crippen molar-refractivity contribution in [2.24, 2.45) is 0 Å². The first-order valence-corrected chi connectivity index (χ1v) is 10.1. The fourth-order valence-corrected chi connectivity index (χ4v) is 4.71. The van der Waals surface area contributed by atoms with Crippen LogP contribution in [-0.2, 0) is 26.2 Å². The van der Waals surface area contributed by atoms with E-state index in [2.05, 4.69) is 5.32 Å². The second-order valence-corrected chi connectivity index (χ2v) is 8.42. The molecule has 3 rings (SSSR count). The smallest absolute Gasteiger partial charge is 0.268 e. The second-order valence-electron chi connectivity index (χ2n) is 6.18. The van der Waals surface area contributed by atoms with Crippen LogP contribution in [0.25, 0.3) is 4.91 Å². The van der Waals surface area contributed by atoms with Gasteiger partial charge in [-0.1, -0.05) is 35.9 Å². The lowest BCUT2D eigenvalue weighted by Crippen LogP contribution is -2.40. The highest BCUT2D eigenvalue weighted by atomic mass is 35.5. The van der Waals surface area contributed by atoms with E-state index < -0.39 is 34.2 Å². The van der Waals surface area contributed by atoms with Crippen LogP contribution in [0.4, 0.5) is 4.39 Å². The molecule has 1 N–H and O–H groups in total. The Morgan fingerprint density at radius 2 is 1.71 bits per heavy atom. The van der Waals surface area contributed by atoms with Gasteiger partial charge >= 0.3 is 0 Å². The van der Waals surface area contributed by atoms with Gasteiger partial charge in [0, 0.05) is 17.1 Å². The molecule has 2 aromatic carbocycles. The maximum Gasteiger partial charge on any atom is 0.268 e. The lowest BCUT2D eigenvalue weighted by Gasteiger charge is -2.16. The molecule has 1 heterocycles. The van der Waals surface area contributed by atoms with E-state index >= 15 is 0 Å². The van der Waals surface area contributed by atoms with Gasteiger partial charge in [0.2, 0.25) is 5.91 Å². The van der Waals surface area contributed by atoms with Crippen LogP contribution in [0.3, 0.4) is 0 Å². The molecule has 146 valence electrons. The van der Waals surface area contributed by atoms with Gasteiger partial charge in [-0.3, -0.25) is 9.59 Å². The Balaban J connectivity index is 1.74. The molecule has 0 atom stereocenters. The van der Waals surface area contributed by atoms with E-state index in [4.69, 9.17) is 11.6 Å². The Morgan fingerprint density at radius 3 is 2.32 bits per heavy atom. The van der Waals surface area contributed by atoms with Gasteiger partial charge in [0.05, 0.1) is 0 Å². The van der Waals surface area contributed by atoms with E-state index in [1.807, 2.05) is 0 Å². The van der Waals surface area contributed by atoms with Crippen molar-refractivity contribution in [2.75, 3.05) is 6.54 Å². The zero-order chi connectivity index (χ0) is 20.5. The number of carbonyl (C=O) groups excluding carboxylic acids is 2. The first-order chi connectivity index (χ1) is 13.2. The summed E-state index contributed by atoms with van der Waals surface area (Å²) in [5.74, 6) is -1.93. The lowest BCUT2D eigenvalue weighted by atomic mass is 10.1. The zero-order valence-electron chi connectivity index (χ0n) is 14.8. The minimum Gasteiger partial charge on any atom is -0.350 e. The van der Waals surface area contributed by atoms with Crippen LogP contribution in [0.1, 0.15) is 18.1 Å². The standard InChI is InChI=1S/C19H16ClFN2O4S/c1-12-18(14-4-8-16(21)9-5-14)28(26,27)23(19(12)25)11-17(24)22-10-13-2-6-15(20)7-3-13/h2-9H,10-11H2,1H3,(H,22,24). The molecule has 2 amide bonds. The molecule has 0 spiro atoms. The van der Waals surface area contributed by atoms with Gasteiger partial charge < -0.3 is 5.32 Å². The predicted octanol–water partition coefficient (Wildman–Crippen LogP) is 2.70. The monoisotopic (exact) mass is 422 g/mol. The van der Waals surface area contributed by atoms with Gasteiger partial charge in [0.15, 0.2) is 0 Å². The molecule has 0 fully saturated rings. The van der Waals surface area contributed by atoms with Gasteiger partial charge in [0.1, 0.15) is 17.3 Å². The summed E-state index contributed by atoms with van der Waals surface area (Å²) >= 11 is 5.80. The Labute approximate surface area is 166 Å². The number of nitrogens with one attached hydrogen (secondary N) is 1. The quantitative estimate of drug-likeness (QED) is 0.803.